The van der Waals surface area contributed by atoms with Crippen molar-refractivity contribution in [2.24, 2.45) is 0 Å². The summed E-state index contributed by atoms with van der Waals surface area (Å²) in [6.07, 6.45) is 3.02. The normalized spacial score (nSPS) is 10.9. The van der Waals surface area contributed by atoms with Crippen LogP contribution in [0.1, 0.15) is 23.4 Å². The lowest BCUT2D eigenvalue weighted by atomic mass is 10.1. The number of pyridine rings is 1. The number of benzene rings is 1. The van der Waals surface area contributed by atoms with Gasteiger partial charge in [0.2, 0.25) is 5.91 Å². The molecule has 4 nitrogen and oxygen atoms in total. The minimum atomic E-state index is -0.0272. The molecule has 0 spiro atoms. The Morgan fingerprint density at radius 3 is 2.87 bits per heavy atom. The number of carbonyl (C=O) groups is 1. The number of rotatable bonds is 4. The van der Waals surface area contributed by atoms with Gasteiger partial charge < -0.3 is 9.72 Å². The molecule has 0 saturated carbocycles. The summed E-state index contributed by atoms with van der Waals surface area (Å²) in [6.45, 7) is 3.87. The Balaban J connectivity index is 1.71. The largest absolute Gasteiger partial charge is 0.326 e. The number of anilines is 1. The van der Waals surface area contributed by atoms with Crippen LogP contribution in [0.4, 0.5) is 5.69 Å². The lowest BCUT2D eigenvalue weighted by molar-refractivity contribution is -0.116. The third kappa shape index (κ3) is 3.22. The standard InChI is InChI=1S/C18H18ClN3O/c1-12-14(19)6-5-7-15(12)21-18(23)10-9-16-13(2)20-17-8-3-4-11-22(16)17/h3-8,11H,9-10H2,1-2H3,(H,21,23). The zero-order chi connectivity index (χ0) is 16.4. The molecule has 3 aromatic rings. The van der Waals surface area contributed by atoms with Gasteiger partial charge in [-0.25, -0.2) is 4.98 Å². The Kier molecular flexibility index (Phi) is 4.35. The second-order valence-corrected chi connectivity index (χ2v) is 5.94. The van der Waals surface area contributed by atoms with E-state index in [1.165, 1.54) is 0 Å². The van der Waals surface area contributed by atoms with Crippen LogP contribution in [-0.4, -0.2) is 15.3 Å². The third-order valence-electron chi connectivity index (χ3n) is 3.96. The average Bonchev–Trinajstić information content (AvgIpc) is 2.85. The highest BCUT2D eigenvalue weighted by Crippen LogP contribution is 2.23. The number of hydrogen-bond donors (Lipinski definition) is 1. The molecule has 0 aliphatic heterocycles. The third-order valence-corrected chi connectivity index (χ3v) is 4.37. The molecule has 0 saturated heterocycles. The molecule has 2 heterocycles. The van der Waals surface area contributed by atoms with Gasteiger partial charge in [0.25, 0.3) is 0 Å². The van der Waals surface area contributed by atoms with Crippen molar-refractivity contribution in [3.05, 3.63) is 64.6 Å². The molecular formula is C18H18ClN3O. The van der Waals surface area contributed by atoms with Crippen LogP contribution in [0, 0.1) is 13.8 Å². The average molecular weight is 328 g/mol. The van der Waals surface area contributed by atoms with E-state index in [2.05, 4.69) is 10.3 Å². The summed E-state index contributed by atoms with van der Waals surface area (Å²) in [7, 11) is 0. The quantitative estimate of drug-likeness (QED) is 0.781. The highest BCUT2D eigenvalue weighted by molar-refractivity contribution is 6.31. The molecule has 0 fully saturated rings. The zero-order valence-corrected chi connectivity index (χ0v) is 13.9. The number of nitrogens with one attached hydrogen (secondary N) is 1. The molecule has 0 aliphatic carbocycles. The number of hydrogen-bond acceptors (Lipinski definition) is 2. The van der Waals surface area contributed by atoms with Gasteiger partial charge in [0.15, 0.2) is 0 Å². The van der Waals surface area contributed by atoms with Gasteiger partial charge in [-0.15, -0.1) is 0 Å². The van der Waals surface area contributed by atoms with Crippen molar-refractivity contribution in [1.82, 2.24) is 9.38 Å². The number of fused-ring (bicyclic) bond motifs is 1. The van der Waals surface area contributed by atoms with Crippen LogP contribution in [-0.2, 0) is 11.2 Å². The van der Waals surface area contributed by atoms with Gasteiger partial charge in [0.05, 0.1) is 5.69 Å². The first-order chi connectivity index (χ1) is 11.1. The maximum absolute atomic E-state index is 12.2. The zero-order valence-electron chi connectivity index (χ0n) is 13.1. The van der Waals surface area contributed by atoms with Crippen molar-refractivity contribution < 1.29 is 4.79 Å². The number of imidazole rings is 1. The summed E-state index contributed by atoms with van der Waals surface area (Å²) in [4.78, 5) is 16.7. The Hall–Kier alpha value is -2.33. The van der Waals surface area contributed by atoms with Crippen molar-refractivity contribution in [2.45, 2.75) is 26.7 Å². The molecule has 0 unspecified atom stereocenters. The topological polar surface area (TPSA) is 46.4 Å². The van der Waals surface area contributed by atoms with Crippen LogP contribution >= 0.6 is 11.6 Å². The summed E-state index contributed by atoms with van der Waals surface area (Å²) < 4.78 is 2.03. The smallest absolute Gasteiger partial charge is 0.224 e. The number of nitrogens with zero attached hydrogens (tertiary/aromatic N) is 2. The predicted molar refractivity (Wildman–Crippen MR) is 93.1 cm³/mol. The summed E-state index contributed by atoms with van der Waals surface area (Å²) in [6, 6.07) is 11.4. The van der Waals surface area contributed by atoms with Gasteiger partial charge in [-0.2, -0.15) is 0 Å². The molecule has 23 heavy (non-hydrogen) atoms. The minimum absolute atomic E-state index is 0.0272. The first kappa shape index (κ1) is 15.6. The van der Waals surface area contributed by atoms with E-state index in [0.717, 1.165) is 28.3 Å². The number of halogens is 1. The van der Waals surface area contributed by atoms with Crippen LogP contribution in [0.25, 0.3) is 5.65 Å². The first-order valence-electron chi connectivity index (χ1n) is 7.54. The van der Waals surface area contributed by atoms with Gasteiger partial charge in [-0.1, -0.05) is 23.7 Å². The highest BCUT2D eigenvalue weighted by atomic mass is 35.5. The molecule has 0 atom stereocenters. The van der Waals surface area contributed by atoms with Gasteiger partial charge in [0.1, 0.15) is 5.65 Å². The molecule has 1 amide bonds. The molecule has 0 radical (unpaired) electrons. The predicted octanol–water partition coefficient (Wildman–Crippen LogP) is 4.18. The molecule has 0 aliphatic rings. The molecular weight excluding hydrogens is 310 g/mol. The molecule has 118 valence electrons. The molecule has 1 aromatic carbocycles. The van der Waals surface area contributed by atoms with E-state index >= 15 is 0 Å². The fourth-order valence-corrected chi connectivity index (χ4v) is 2.83. The van der Waals surface area contributed by atoms with Crippen molar-refractivity contribution in [3.63, 3.8) is 0 Å². The van der Waals surface area contributed by atoms with Gasteiger partial charge in [0, 0.05) is 29.0 Å². The van der Waals surface area contributed by atoms with Crippen molar-refractivity contribution in [3.8, 4) is 0 Å². The summed E-state index contributed by atoms with van der Waals surface area (Å²) in [5, 5.41) is 3.58. The number of aryl methyl sites for hydroxylation is 2. The molecule has 5 heteroatoms. The lowest BCUT2D eigenvalue weighted by Crippen LogP contribution is -2.14. The lowest BCUT2D eigenvalue weighted by Gasteiger charge is -2.09. The van der Waals surface area contributed by atoms with Gasteiger partial charge >= 0.3 is 0 Å². The van der Waals surface area contributed by atoms with E-state index in [0.29, 0.717) is 17.9 Å². The maximum atomic E-state index is 12.2. The molecule has 2 aromatic heterocycles. The van der Waals surface area contributed by atoms with E-state index < -0.39 is 0 Å². The summed E-state index contributed by atoms with van der Waals surface area (Å²) in [5.74, 6) is -0.0272. The minimum Gasteiger partial charge on any atom is -0.326 e. The Morgan fingerprint density at radius 2 is 2.04 bits per heavy atom. The Morgan fingerprint density at radius 1 is 1.22 bits per heavy atom. The van der Waals surface area contributed by atoms with E-state index in [1.807, 2.05) is 60.8 Å². The molecule has 1 N–H and O–H groups in total. The van der Waals surface area contributed by atoms with Crippen molar-refractivity contribution in [2.75, 3.05) is 5.32 Å². The second kappa shape index (κ2) is 6.42. The van der Waals surface area contributed by atoms with E-state index in [4.69, 9.17) is 11.6 Å². The molecule has 0 bridgehead atoms. The fourth-order valence-electron chi connectivity index (χ4n) is 2.65. The highest BCUT2D eigenvalue weighted by Gasteiger charge is 2.11. The van der Waals surface area contributed by atoms with Crippen LogP contribution in [0.2, 0.25) is 5.02 Å². The Bertz CT molecular complexity index is 870. The van der Waals surface area contributed by atoms with Gasteiger partial charge in [-0.05, 0) is 50.1 Å². The maximum Gasteiger partial charge on any atom is 0.224 e. The number of amides is 1. The molecule has 3 rings (SSSR count). The van der Waals surface area contributed by atoms with Crippen LogP contribution in [0.3, 0.4) is 0 Å². The summed E-state index contributed by atoms with van der Waals surface area (Å²) in [5.41, 5.74) is 4.58. The first-order valence-corrected chi connectivity index (χ1v) is 7.91. The number of aromatic nitrogens is 2. The fraction of sp³-hybridized carbons (Fsp3) is 0.222. The SMILES string of the molecule is Cc1nc2ccccn2c1CCC(=O)Nc1cccc(Cl)c1C. The number of carbonyl (C=O) groups excluding carboxylic acids is 1. The van der Waals surface area contributed by atoms with Gasteiger partial charge in [-0.3, -0.25) is 4.79 Å². The van der Waals surface area contributed by atoms with Crippen molar-refractivity contribution >= 4 is 28.8 Å². The van der Waals surface area contributed by atoms with E-state index in [-0.39, 0.29) is 5.91 Å². The van der Waals surface area contributed by atoms with E-state index in [1.54, 1.807) is 0 Å². The van der Waals surface area contributed by atoms with E-state index in [9.17, 15) is 4.79 Å². The van der Waals surface area contributed by atoms with Crippen LogP contribution in [0.15, 0.2) is 42.6 Å². The Labute approximate surface area is 140 Å². The monoisotopic (exact) mass is 327 g/mol. The second-order valence-electron chi connectivity index (χ2n) is 5.53. The van der Waals surface area contributed by atoms with Crippen molar-refractivity contribution in [1.29, 1.82) is 0 Å². The van der Waals surface area contributed by atoms with Crippen LogP contribution in [0.5, 0.6) is 0 Å². The van der Waals surface area contributed by atoms with Crippen LogP contribution < -0.4 is 5.32 Å². The summed E-state index contributed by atoms with van der Waals surface area (Å²) >= 11 is 6.08.